The fourth-order valence-corrected chi connectivity index (χ4v) is 1.33. The van der Waals surface area contributed by atoms with Gasteiger partial charge in [0, 0.05) is 6.04 Å². The third-order valence-electron chi connectivity index (χ3n) is 1.81. The number of halogens is 1. The summed E-state index contributed by atoms with van der Waals surface area (Å²) in [5, 5.41) is 2.78. The van der Waals surface area contributed by atoms with E-state index in [1.165, 1.54) is 0 Å². The first-order valence-electron chi connectivity index (χ1n) is 5.07. The second-order valence-corrected chi connectivity index (χ2v) is 4.55. The molecule has 1 atom stereocenters. The summed E-state index contributed by atoms with van der Waals surface area (Å²) in [6.45, 7) is 5.53. The van der Waals surface area contributed by atoms with Gasteiger partial charge in [-0.25, -0.2) is 4.98 Å². The molecular weight excluding hydrogens is 272 g/mol. The average molecular weight is 287 g/mol. The number of aromatic nitrogens is 1. The van der Waals surface area contributed by atoms with Gasteiger partial charge in [0.15, 0.2) is 6.10 Å². The number of nitrogens with one attached hydrogen (secondary N) is 1. The Morgan fingerprint density at radius 3 is 2.62 bits per heavy atom. The Morgan fingerprint density at radius 2 is 2.12 bits per heavy atom. The van der Waals surface area contributed by atoms with Crippen LogP contribution in [0.2, 0.25) is 0 Å². The Balaban J connectivity index is 2.53. The molecule has 0 bridgehead atoms. The minimum atomic E-state index is -0.523. The lowest BCUT2D eigenvalue weighted by molar-refractivity contribution is -0.127. The number of hydrogen-bond donors (Lipinski definition) is 1. The van der Waals surface area contributed by atoms with Crippen LogP contribution in [0.25, 0.3) is 0 Å². The maximum Gasteiger partial charge on any atom is 0.260 e. The fraction of sp³-hybridized carbons (Fsp3) is 0.455. The Hall–Kier alpha value is -1.10. The number of ether oxygens (including phenoxy) is 1. The largest absolute Gasteiger partial charge is 0.479 e. The van der Waals surface area contributed by atoms with E-state index in [0.29, 0.717) is 5.75 Å². The Labute approximate surface area is 104 Å². The number of carbonyl (C=O) groups excluding carboxylic acids is 1. The number of hydrogen-bond acceptors (Lipinski definition) is 3. The second kappa shape index (κ2) is 5.84. The molecule has 0 fully saturated rings. The molecule has 16 heavy (non-hydrogen) atoms. The molecule has 4 nitrogen and oxygen atoms in total. The molecule has 0 aromatic carbocycles. The van der Waals surface area contributed by atoms with E-state index in [2.05, 4.69) is 26.2 Å². The van der Waals surface area contributed by atoms with Crippen LogP contribution in [0.5, 0.6) is 5.75 Å². The third kappa shape index (κ3) is 4.18. The minimum Gasteiger partial charge on any atom is -0.479 e. The zero-order valence-electron chi connectivity index (χ0n) is 9.53. The summed E-state index contributed by atoms with van der Waals surface area (Å²) in [6, 6.07) is 3.64. The molecule has 1 aromatic rings. The molecule has 88 valence electrons. The van der Waals surface area contributed by atoms with Gasteiger partial charge in [0.1, 0.15) is 10.4 Å². The van der Waals surface area contributed by atoms with E-state index in [0.717, 1.165) is 4.60 Å². The molecule has 5 heteroatoms. The topological polar surface area (TPSA) is 51.2 Å². The summed E-state index contributed by atoms with van der Waals surface area (Å²) < 4.78 is 6.17. The van der Waals surface area contributed by atoms with Crippen LogP contribution < -0.4 is 10.1 Å². The first-order chi connectivity index (χ1) is 7.49. The summed E-state index contributed by atoms with van der Waals surface area (Å²) in [4.78, 5) is 15.6. The maximum atomic E-state index is 11.6. The van der Waals surface area contributed by atoms with Gasteiger partial charge in [-0.05, 0) is 48.8 Å². The Kier molecular flexibility index (Phi) is 4.73. The standard InChI is InChI=1S/C11H15BrN2O2/c1-7(2)14-11(15)8(3)16-9-4-5-10(12)13-6-9/h4-8H,1-3H3,(H,14,15). The Morgan fingerprint density at radius 1 is 1.44 bits per heavy atom. The van der Waals surface area contributed by atoms with E-state index in [4.69, 9.17) is 4.74 Å². The maximum absolute atomic E-state index is 11.6. The van der Waals surface area contributed by atoms with Gasteiger partial charge in [-0.3, -0.25) is 4.79 Å². The highest BCUT2D eigenvalue weighted by Gasteiger charge is 2.15. The van der Waals surface area contributed by atoms with E-state index in [9.17, 15) is 4.79 Å². The van der Waals surface area contributed by atoms with Crippen molar-refractivity contribution in [3.8, 4) is 5.75 Å². The molecule has 0 aliphatic heterocycles. The molecule has 1 aromatic heterocycles. The van der Waals surface area contributed by atoms with Crippen LogP contribution in [0, 0.1) is 0 Å². The van der Waals surface area contributed by atoms with Gasteiger partial charge in [0.2, 0.25) is 0 Å². The smallest absolute Gasteiger partial charge is 0.260 e. The third-order valence-corrected chi connectivity index (χ3v) is 2.28. The van der Waals surface area contributed by atoms with Crippen LogP contribution in [-0.2, 0) is 4.79 Å². The number of carbonyl (C=O) groups is 1. The van der Waals surface area contributed by atoms with Crippen LogP contribution in [0.4, 0.5) is 0 Å². The SMILES string of the molecule is CC(C)NC(=O)C(C)Oc1ccc(Br)nc1. The minimum absolute atomic E-state index is 0.113. The van der Waals surface area contributed by atoms with Crippen molar-refractivity contribution in [2.45, 2.75) is 32.9 Å². The normalized spacial score (nSPS) is 12.3. The van der Waals surface area contributed by atoms with Crippen molar-refractivity contribution in [1.82, 2.24) is 10.3 Å². The van der Waals surface area contributed by atoms with Crippen molar-refractivity contribution in [2.24, 2.45) is 0 Å². The first-order valence-corrected chi connectivity index (χ1v) is 5.87. The highest BCUT2D eigenvalue weighted by molar-refractivity contribution is 9.10. The van der Waals surface area contributed by atoms with E-state index < -0.39 is 6.10 Å². The highest BCUT2D eigenvalue weighted by atomic mass is 79.9. The van der Waals surface area contributed by atoms with E-state index >= 15 is 0 Å². The van der Waals surface area contributed by atoms with Crippen molar-refractivity contribution >= 4 is 21.8 Å². The Bertz CT molecular complexity index is 352. The van der Waals surface area contributed by atoms with Crippen molar-refractivity contribution < 1.29 is 9.53 Å². The molecule has 0 aliphatic rings. The lowest BCUT2D eigenvalue weighted by Gasteiger charge is -2.16. The lowest BCUT2D eigenvalue weighted by Crippen LogP contribution is -2.40. The van der Waals surface area contributed by atoms with Crippen LogP contribution in [0.3, 0.4) is 0 Å². The van der Waals surface area contributed by atoms with E-state index in [1.807, 2.05) is 13.8 Å². The van der Waals surface area contributed by atoms with Crippen molar-refractivity contribution in [3.05, 3.63) is 22.9 Å². The quantitative estimate of drug-likeness (QED) is 0.863. The van der Waals surface area contributed by atoms with Gasteiger partial charge in [0.25, 0.3) is 5.91 Å². The van der Waals surface area contributed by atoms with Crippen molar-refractivity contribution in [2.75, 3.05) is 0 Å². The molecule has 0 radical (unpaired) electrons. The number of pyridine rings is 1. The van der Waals surface area contributed by atoms with Gasteiger partial charge in [-0.2, -0.15) is 0 Å². The molecule has 0 aliphatic carbocycles. The molecule has 0 spiro atoms. The van der Waals surface area contributed by atoms with Crippen molar-refractivity contribution in [3.63, 3.8) is 0 Å². The van der Waals surface area contributed by atoms with Crippen molar-refractivity contribution in [1.29, 1.82) is 0 Å². The van der Waals surface area contributed by atoms with Gasteiger partial charge < -0.3 is 10.1 Å². The lowest BCUT2D eigenvalue weighted by atomic mass is 10.3. The second-order valence-electron chi connectivity index (χ2n) is 3.74. The van der Waals surface area contributed by atoms with Crippen LogP contribution in [0.15, 0.2) is 22.9 Å². The zero-order valence-corrected chi connectivity index (χ0v) is 11.1. The highest BCUT2D eigenvalue weighted by Crippen LogP contribution is 2.14. The summed E-state index contributed by atoms with van der Waals surface area (Å²) in [7, 11) is 0. The molecule has 0 saturated heterocycles. The predicted octanol–water partition coefficient (Wildman–Crippen LogP) is 2.14. The van der Waals surface area contributed by atoms with Gasteiger partial charge in [-0.1, -0.05) is 0 Å². The summed E-state index contributed by atoms with van der Waals surface area (Å²) in [5.74, 6) is 0.451. The summed E-state index contributed by atoms with van der Waals surface area (Å²) in [5.41, 5.74) is 0. The van der Waals surface area contributed by atoms with Gasteiger partial charge in [-0.15, -0.1) is 0 Å². The van der Waals surface area contributed by atoms with E-state index in [1.54, 1.807) is 25.3 Å². The average Bonchev–Trinajstić information content (AvgIpc) is 2.20. The number of rotatable bonds is 4. The monoisotopic (exact) mass is 286 g/mol. The predicted molar refractivity (Wildman–Crippen MR) is 65.3 cm³/mol. The van der Waals surface area contributed by atoms with Crippen LogP contribution >= 0.6 is 15.9 Å². The van der Waals surface area contributed by atoms with Gasteiger partial charge in [0.05, 0.1) is 6.20 Å². The zero-order chi connectivity index (χ0) is 12.1. The fourth-order valence-electron chi connectivity index (χ4n) is 1.09. The van der Waals surface area contributed by atoms with Crippen LogP contribution in [0.1, 0.15) is 20.8 Å². The number of amides is 1. The first kappa shape index (κ1) is 13.0. The van der Waals surface area contributed by atoms with E-state index in [-0.39, 0.29) is 11.9 Å². The van der Waals surface area contributed by atoms with Crippen LogP contribution in [-0.4, -0.2) is 23.0 Å². The van der Waals surface area contributed by atoms with Gasteiger partial charge >= 0.3 is 0 Å². The summed E-state index contributed by atoms with van der Waals surface area (Å²) >= 11 is 3.23. The molecule has 1 N–H and O–H groups in total. The molecule has 1 unspecified atom stereocenters. The molecule has 0 saturated carbocycles. The molecule has 1 amide bonds. The molecule has 1 rings (SSSR count). The molecular formula is C11H15BrN2O2. The summed E-state index contributed by atoms with van der Waals surface area (Å²) in [6.07, 6.45) is 1.05. The number of nitrogens with zero attached hydrogens (tertiary/aromatic N) is 1. The molecule has 1 heterocycles.